The van der Waals surface area contributed by atoms with Gasteiger partial charge in [0.1, 0.15) is 5.41 Å². The Kier molecular flexibility index (Phi) is 4.76. The highest BCUT2D eigenvalue weighted by molar-refractivity contribution is 5.90. The minimum absolute atomic E-state index is 0.390. The molecule has 1 aromatic carbocycles. The highest BCUT2D eigenvalue weighted by Crippen LogP contribution is 2.35. The van der Waals surface area contributed by atoms with Gasteiger partial charge < -0.3 is 15.4 Å². The van der Waals surface area contributed by atoms with E-state index < -0.39 is 5.41 Å². The normalized spacial score (nSPS) is 17.3. The van der Waals surface area contributed by atoms with Crippen LogP contribution in [0.2, 0.25) is 0 Å². The fourth-order valence-electron chi connectivity index (χ4n) is 3.22. The predicted molar refractivity (Wildman–Crippen MR) is 91.8 cm³/mol. The molecule has 2 aromatic rings. The lowest BCUT2D eigenvalue weighted by molar-refractivity contribution is -0.122. The maximum absolute atomic E-state index is 12.4. The minimum atomic E-state index is -0.912. The summed E-state index contributed by atoms with van der Waals surface area (Å²) in [5.41, 5.74) is 6.48. The van der Waals surface area contributed by atoms with E-state index in [1.165, 1.54) is 0 Å². The fraction of sp³-hybridized carbons (Fsp3) is 0.389. The van der Waals surface area contributed by atoms with Crippen LogP contribution < -0.4 is 10.6 Å². The highest BCUT2D eigenvalue weighted by Gasteiger charge is 2.39. The molecule has 1 aromatic heterocycles. The fourth-order valence-corrected chi connectivity index (χ4v) is 3.22. The van der Waals surface area contributed by atoms with Crippen LogP contribution in [0.4, 0.5) is 5.95 Å². The summed E-state index contributed by atoms with van der Waals surface area (Å²) in [6, 6.07) is 9.58. The summed E-state index contributed by atoms with van der Waals surface area (Å²) in [5.74, 6) is 0.267. The number of amides is 1. The lowest BCUT2D eigenvalue weighted by Crippen LogP contribution is -2.42. The number of hydrogen-bond acceptors (Lipinski definition) is 5. The van der Waals surface area contributed by atoms with Crippen LogP contribution in [0.3, 0.4) is 0 Å². The zero-order valence-electron chi connectivity index (χ0n) is 13.8. The van der Waals surface area contributed by atoms with Gasteiger partial charge in [-0.05, 0) is 12.0 Å². The zero-order chi connectivity index (χ0) is 17.0. The van der Waals surface area contributed by atoms with Gasteiger partial charge in [0.2, 0.25) is 11.9 Å². The van der Waals surface area contributed by atoms with Crippen LogP contribution >= 0.6 is 0 Å². The smallest absolute Gasteiger partial charge is 0.232 e. The zero-order valence-corrected chi connectivity index (χ0v) is 13.8. The molecule has 0 aliphatic carbocycles. The van der Waals surface area contributed by atoms with Gasteiger partial charge in [-0.15, -0.1) is 0 Å². The molecular formula is C18H22N4O2. The van der Waals surface area contributed by atoms with Gasteiger partial charge in [-0.2, -0.15) is 0 Å². The molecule has 1 saturated heterocycles. The number of carbonyl (C=O) groups excluding carboxylic acids is 1. The topological polar surface area (TPSA) is 81.3 Å². The molecule has 24 heavy (non-hydrogen) atoms. The van der Waals surface area contributed by atoms with E-state index in [1.54, 1.807) is 12.4 Å². The number of morpholine rings is 1. The molecule has 1 atom stereocenters. The van der Waals surface area contributed by atoms with Crippen molar-refractivity contribution >= 4 is 11.9 Å². The monoisotopic (exact) mass is 326 g/mol. The molecular weight excluding hydrogens is 304 g/mol. The third kappa shape index (κ3) is 2.85. The first-order valence-electron chi connectivity index (χ1n) is 8.19. The van der Waals surface area contributed by atoms with Gasteiger partial charge in [0.15, 0.2) is 0 Å². The molecule has 2 heterocycles. The summed E-state index contributed by atoms with van der Waals surface area (Å²) in [6.45, 7) is 4.85. The number of primary amides is 1. The van der Waals surface area contributed by atoms with Gasteiger partial charge in [0.05, 0.1) is 13.2 Å². The van der Waals surface area contributed by atoms with Crippen molar-refractivity contribution in [1.29, 1.82) is 0 Å². The van der Waals surface area contributed by atoms with Gasteiger partial charge in [0.25, 0.3) is 0 Å². The van der Waals surface area contributed by atoms with Crippen LogP contribution in [0.15, 0.2) is 42.7 Å². The number of benzene rings is 1. The summed E-state index contributed by atoms with van der Waals surface area (Å²) in [4.78, 5) is 23.4. The van der Waals surface area contributed by atoms with Gasteiger partial charge in [0, 0.05) is 31.0 Å². The quantitative estimate of drug-likeness (QED) is 0.900. The number of ether oxygens (including phenoxy) is 1. The van der Waals surface area contributed by atoms with Crippen molar-refractivity contribution in [2.45, 2.75) is 18.8 Å². The van der Waals surface area contributed by atoms with E-state index in [4.69, 9.17) is 10.5 Å². The van der Waals surface area contributed by atoms with Crippen LogP contribution in [0, 0.1) is 0 Å². The van der Waals surface area contributed by atoms with Crippen molar-refractivity contribution in [2.24, 2.45) is 5.73 Å². The molecule has 2 N–H and O–H groups in total. The Morgan fingerprint density at radius 2 is 1.79 bits per heavy atom. The van der Waals surface area contributed by atoms with Crippen molar-refractivity contribution in [2.75, 3.05) is 31.2 Å². The molecule has 1 fully saturated rings. The molecule has 1 unspecified atom stereocenters. The Morgan fingerprint density at radius 1 is 1.17 bits per heavy atom. The maximum Gasteiger partial charge on any atom is 0.232 e. The standard InChI is InChI=1S/C18H22N4O2/c1-2-18(16(19)23,14-6-4-3-5-7-14)15-12-20-17(21-13-15)22-8-10-24-11-9-22/h3-7,12-13H,2,8-11H2,1H3,(H2,19,23). The lowest BCUT2D eigenvalue weighted by atomic mass is 9.73. The molecule has 1 aliphatic rings. The van der Waals surface area contributed by atoms with Crippen molar-refractivity contribution in [3.05, 3.63) is 53.9 Å². The van der Waals surface area contributed by atoms with Gasteiger partial charge in [-0.1, -0.05) is 37.3 Å². The Labute approximate surface area is 141 Å². The molecule has 3 rings (SSSR count). The second kappa shape index (κ2) is 6.97. The number of nitrogens with two attached hydrogens (primary N) is 1. The molecule has 0 saturated carbocycles. The Balaban J connectivity index is 1.98. The molecule has 0 radical (unpaired) electrons. The Bertz CT molecular complexity index is 684. The Morgan fingerprint density at radius 3 is 2.33 bits per heavy atom. The molecule has 1 amide bonds. The van der Waals surface area contributed by atoms with Crippen LogP contribution in [0.1, 0.15) is 24.5 Å². The SMILES string of the molecule is CCC(C(N)=O)(c1ccccc1)c1cnc(N2CCOCC2)nc1. The minimum Gasteiger partial charge on any atom is -0.378 e. The average Bonchev–Trinajstić information content (AvgIpc) is 2.65. The largest absolute Gasteiger partial charge is 0.378 e. The van der Waals surface area contributed by atoms with Crippen molar-refractivity contribution in [1.82, 2.24) is 9.97 Å². The number of hydrogen-bond donors (Lipinski definition) is 1. The van der Waals surface area contributed by atoms with Crippen LogP contribution in [0.5, 0.6) is 0 Å². The van der Waals surface area contributed by atoms with E-state index in [1.807, 2.05) is 37.3 Å². The molecule has 6 nitrogen and oxygen atoms in total. The maximum atomic E-state index is 12.4. The third-order valence-electron chi connectivity index (χ3n) is 4.64. The first-order chi connectivity index (χ1) is 11.7. The van der Waals surface area contributed by atoms with Crippen LogP contribution in [-0.2, 0) is 14.9 Å². The number of aromatic nitrogens is 2. The lowest BCUT2D eigenvalue weighted by Gasteiger charge is -2.31. The molecule has 6 heteroatoms. The van der Waals surface area contributed by atoms with Gasteiger partial charge >= 0.3 is 0 Å². The van der Waals surface area contributed by atoms with E-state index in [2.05, 4.69) is 14.9 Å². The van der Waals surface area contributed by atoms with Crippen LogP contribution in [0.25, 0.3) is 0 Å². The van der Waals surface area contributed by atoms with E-state index in [0.29, 0.717) is 25.6 Å². The highest BCUT2D eigenvalue weighted by atomic mass is 16.5. The van der Waals surface area contributed by atoms with Crippen molar-refractivity contribution in [3.8, 4) is 0 Å². The van der Waals surface area contributed by atoms with Gasteiger partial charge in [-0.25, -0.2) is 9.97 Å². The van der Waals surface area contributed by atoms with Crippen molar-refractivity contribution < 1.29 is 9.53 Å². The summed E-state index contributed by atoms with van der Waals surface area (Å²) in [5, 5.41) is 0. The first-order valence-corrected chi connectivity index (χ1v) is 8.19. The summed E-state index contributed by atoms with van der Waals surface area (Å²) in [6.07, 6.45) is 3.99. The molecule has 126 valence electrons. The summed E-state index contributed by atoms with van der Waals surface area (Å²) < 4.78 is 5.35. The Hall–Kier alpha value is -2.47. The van der Waals surface area contributed by atoms with E-state index >= 15 is 0 Å². The van der Waals surface area contributed by atoms with Gasteiger partial charge in [-0.3, -0.25) is 4.79 Å². The number of rotatable bonds is 5. The van der Waals surface area contributed by atoms with Crippen molar-refractivity contribution in [3.63, 3.8) is 0 Å². The summed E-state index contributed by atoms with van der Waals surface area (Å²) in [7, 11) is 0. The molecule has 0 bridgehead atoms. The van der Waals surface area contributed by atoms with E-state index in [0.717, 1.165) is 24.2 Å². The number of nitrogens with zero attached hydrogens (tertiary/aromatic N) is 3. The number of carbonyl (C=O) groups is 1. The summed E-state index contributed by atoms with van der Waals surface area (Å²) >= 11 is 0. The molecule has 0 spiro atoms. The van der Waals surface area contributed by atoms with Crippen LogP contribution in [-0.4, -0.2) is 42.2 Å². The van der Waals surface area contributed by atoms with E-state index in [-0.39, 0.29) is 5.91 Å². The number of anilines is 1. The predicted octanol–water partition coefficient (Wildman–Crippen LogP) is 1.49. The second-order valence-corrected chi connectivity index (χ2v) is 5.86. The third-order valence-corrected chi connectivity index (χ3v) is 4.64. The van der Waals surface area contributed by atoms with E-state index in [9.17, 15) is 4.79 Å². The second-order valence-electron chi connectivity index (χ2n) is 5.86. The average molecular weight is 326 g/mol. The first kappa shape index (κ1) is 16.4. The molecule has 1 aliphatic heterocycles.